The molecule has 1 atom stereocenters. The van der Waals surface area contributed by atoms with E-state index in [2.05, 4.69) is 53.6 Å². The van der Waals surface area contributed by atoms with Crippen LogP contribution in [0.15, 0.2) is 60.7 Å². The zero-order chi connectivity index (χ0) is 19.1. The van der Waals surface area contributed by atoms with E-state index in [1.165, 1.54) is 11.3 Å². The van der Waals surface area contributed by atoms with Gasteiger partial charge >= 0.3 is 0 Å². The van der Waals surface area contributed by atoms with E-state index in [1.807, 2.05) is 36.4 Å². The van der Waals surface area contributed by atoms with E-state index in [-0.39, 0.29) is 11.8 Å². The maximum atomic E-state index is 12.7. The van der Waals surface area contributed by atoms with E-state index in [1.54, 1.807) is 0 Å². The van der Waals surface area contributed by atoms with E-state index >= 15 is 0 Å². The fourth-order valence-electron chi connectivity index (χ4n) is 3.20. The van der Waals surface area contributed by atoms with Crippen LogP contribution in [-0.4, -0.2) is 16.1 Å². The Labute approximate surface area is 164 Å². The van der Waals surface area contributed by atoms with Crippen molar-refractivity contribution >= 4 is 22.4 Å². The topological polar surface area (TPSA) is 54.9 Å². The molecule has 0 radical (unpaired) electrons. The minimum Gasteiger partial charge on any atom is -0.300 e. The molecule has 1 unspecified atom stereocenters. The van der Waals surface area contributed by atoms with E-state index in [0.717, 1.165) is 29.0 Å². The van der Waals surface area contributed by atoms with E-state index in [4.69, 9.17) is 0 Å². The van der Waals surface area contributed by atoms with Crippen molar-refractivity contribution in [3.05, 3.63) is 76.8 Å². The summed E-state index contributed by atoms with van der Waals surface area (Å²) in [4.78, 5) is 12.7. The molecule has 1 heterocycles. The lowest BCUT2D eigenvalue weighted by atomic mass is 9.88. The molecule has 27 heavy (non-hydrogen) atoms. The molecule has 0 spiro atoms. The Kier molecular flexibility index (Phi) is 6.71. The number of rotatable bonds is 8. The van der Waals surface area contributed by atoms with Crippen molar-refractivity contribution in [3.8, 4) is 0 Å². The first kappa shape index (κ1) is 19.2. The van der Waals surface area contributed by atoms with Gasteiger partial charge in [0.2, 0.25) is 11.0 Å². The molecule has 4 nitrogen and oxygen atoms in total. The summed E-state index contributed by atoms with van der Waals surface area (Å²) < 4.78 is 0. The molecule has 1 amide bonds. The summed E-state index contributed by atoms with van der Waals surface area (Å²) in [5, 5.41) is 12.9. The third-order valence-electron chi connectivity index (χ3n) is 4.62. The highest BCUT2D eigenvalue weighted by molar-refractivity contribution is 7.15. The van der Waals surface area contributed by atoms with Crippen molar-refractivity contribution in [2.75, 3.05) is 5.32 Å². The molecular weight excluding hydrogens is 354 g/mol. The number of benzene rings is 2. The van der Waals surface area contributed by atoms with Gasteiger partial charge in [-0.25, -0.2) is 0 Å². The Morgan fingerprint density at radius 2 is 1.59 bits per heavy atom. The van der Waals surface area contributed by atoms with Crippen molar-refractivity contribution in [1.29, 1.82) is 0 Å². The van der Waals surface area contributed by atoms with Gasteiger partial charge in [0.15, 0.2) is 0 Å². The van der Waals surface area contributed by atoms with E-state index in [0.29, 0.717) is 17.5 Å². The van der Waals surface area contributed by atoms with Crippen LogP contribution in [0.1, 0.15) is 61.1 Å². The number of amides is 1. The van der Waals surface area contributed by atoms with E-state index < -0.39 is 0 Å². The fraction of sp³-hybridized carbons (Fsp3) is 0.318. The molecule has 3 rings (SSSR count). The molecule has 140 valence electrons. The Morgan fingerprint density at radius 1 is 1.00 bits per heavy atom. The summed E-state index contributed by atoms with van der Waals surface area (Å²) in [6, 6.07) is 20.3. The lowest BCUT2D eigenvalue weighted by Gasteiger charge is -2.17. The van der Waals surface area contributed by atoms with Crippen LogP contribution >= 0.6 is 11.3 Å². The SMILES string of the molecule is CCCC(C)c1nnc(NC(=O)CC(c2ccccc2)c2ccccc2)s1. The van der Waals surface area contributed by atoms with Gasteiger partial charge in [0.25, 0.3) is 0 Å². The van der Waals surface area contributed by atoms with Crippen LogP contribution in [0.25, 0.3) is 0 Å². The largest absolute Gasteiger partial charge is 0.300 e. The number of nitrogens with one attached hydrogen (secondary N) is 1. The van der Waals surface area contributed by atoms with Crippen LogP contribution < -0.4 is 5.32 Å². The fourth-order valence-corrected chi connectivity index (χ4v) is 4.04. The second-order valence-corrected chi connectivity index (χ2v) is 7.77. The van der Waals surface area contributed by atoms with Crippen molar-refractivity contribution in [3.63, 3.8) is 0 Å². The normalized spacial score (nSPS) is 12.1. The van der Waals surface area contributed by atoms with E-state index in [9.17, 15) is 4.79 Å². The maximum Gasteiger partial charge on any atom is 0.227 e. The number of nitrogens with zero attached hydrogens (tertiary/aromatic N) is 2. The highest BCUT2D eigenvalue weighted by Gasteiger charge is 2.19. The molecule has 0 aliphatic carbocycles. The predicted octanol–water partition coefficient (Wildman–Crippen LogP) is 5.60. The average molecular weight is 380 g/mol. The highest BCUT2D eigenvalue weighted by atomic mass is 32.1. The number of carbonyl (C=O) groups is 1. The standard InChI is InChI=1S/C22H25N3OS/c1-3-10-16(2)21-24-25-22(27-21)23-20(26)15-19(17-11-6-4-7-12-17)18-13-8-5-9-14-18/h4-9,11-14,16,19H,3,10,15H2,1-2H3,(H,23,25,26). The number of carbonyl (C=O) groups excluding carboxylic acids is 1. The van der Waals surface area contributed by atoms with Gasteiger partial charge in [0, 0.05) is 18.3 Å². The van der Waals surface area contributed by atoms with Crippen molar-refractivity contribution in [2.24, 2.45) is 0 Å². The third-order valence-corrected chi connectivity index (χ3v) is 5.69. The van der Waals surface area contributed by atoms with Gasteiger partial charge in [-0.15, -0.1) is 10.2 Å². The van der Waals surface area contributed by atoms with Gasteiger partial charge in [-0.2, -0.15) is 0 Å². The second-order valence-electron chi connectivity index (χ2n) is 6.76. The zero-order valence-corrected chi connectivity index (χ0v) is 16.6. The number of aromatic nitrogens is 2. The molecule has 0 saturated carbocycles. The van der Waals surface area contributed by atoms with Crippen molar-refractivity contribution in [1.82, 2.24) is 10.2 Å². The zero-order valence-electron chi connectivity index (χ0n) is 15.8. The lowest BCUT2D eigenvalue weighted by molar-refractivity contribution is -0.116. The summed E-state index contributed by atoms with van der Waals surface area (Å²) in [5.74, 6) is 0.344. The van der Waals surface area contributed by atoms with Crippen molar-refractivity contribution < 1.29 is 4.79 Å². The Balaban J connectivity index is 1.72. The molecule has 0 aliphatic heterocycles. The summed E-state index contributed by atoms with van der Waals surface area (Å²) >= 11 is 1.47. The first-order chi connectivity index (χ1) is 13.2. The first-order valence-electron chi connectivity index (χ1n) is 9.40. The molecule has 0 saturated heterocycles. The minimum absolute atomic E-state index is 0.0128. The molecule has 1 N–H and O–H groups in total. The van der Waals surface area contributed by atoms with Crippen LogP contribution in [-0.2, 0) is 4.79 Å². The van der Waals surface area contributed by atoms with Gasteiger partial charge in [0.05, 0.1) is 0 Å². The summed E-state index contributed by atoms with van der Waals surface area (Å²) in [6.45, 7) is 4.31. The monoisotopic (exact) mass is 379 g/mol. The molecule has 5 heteroatoms. The number of hydrogen-bond acceptors (Lipinski definition) is 4. The van der Waals surface area contributed by atoms with Crippen LogP contribution in [0.2, 0.25) is 0 Å². The molecular formula is C22H25N3OS. The lowest BCUT2D eigenvalue weighted by Crippen LogP contribution is -2.16. The van der Waals surface area contributed by atoms with Gasteiger partial charge in [-0.3, -0.25) is 4.79 Å². The molecule has 0 bridgehead atoms. The van der Waals surface area contributed by atoms with Crippen LogP contribution in [0, 0.1) is 0 Å². The predicted molar refractivity (Wildman–Crippen MR) is 111 cm³/mol. The van der Waals surface area contributed by atoms with Crippen LogP contribution in [0.5, 0.6) is 0 Å². The quantitative estimate of drug-likeness (QED) is 0.554. The molecule has 3 aromatic rings. The summed E-state index contributed by atoms with van der Waals surface area (Å²) in [7, 11) is 0. The third kappa shape index (κ3) is 5.23. The van der Waals surface area contributed by atoms with Crippen LogP contribution in [0.4, 0.5) is 5.13 Å². The van der Waals surface area contributed by atoms with Gasteiger partial charge in [-0.05, 0) is 17.5 Å². The average Bonchev–Trinajstić information content (AvgIpc) is 3.16. The Morgan fingerprint density at radius 3 is 2.15 bits per heavy atom. The maximum absolute atomic E-state index is 12.7. The first-order valence-corrected chi connectivity index (χ1v) is 10.2. The minimum atomic E-state index is -0.0430. The Hall–Kier alpha value is -2.53. The Bertz CT molecular complexity index is 809. The highest BCUT2D eigenvalue weighted by Crippen LogP contribution is 2.30. The van der Waals surface area contributed by atoms with Gasteiger partial charge in [0.1, 0.15) is 5.01 Å². The molecule has 2 aromatic carbocycles. The van der Waals surface area contributed by atoms with Crippen LogP contribution in [0.3, 0.4) is 0 Å². The summed E-state index contributed by atoms with van der Waals surface area (Å²) in [5.41, 5.74) is 2.27. The smallest absolute Gasteiger partial charge is 0.227 e. The molecule has 0 fully saturated rings. The van der Waals surface area contributed by atoms with Gasteiger partial charge < -0.3 is 5.32 Å². The summed E-state index contributed by atoms with van der Waals surface area (Å²) in [6.07, 6.45) is 2.55. The van der Waals surface area contributed by atoms with Gasteiger partial charge in [-0.1, -0.05) is 92.3 Å². The number of anilines is 1. The van der Waals surface area contributed by atoms with Crippen molar-refractivity contribution in [2.45, 2.75) is 44.9 Å². The second kappa shape index (κ2) is 9.42. The molecule has 1 aromatic heterocycles. The number of hydrogen-bond donors (Lipinski definition) is 1. The molecule has 0 aliphatic rings.